The molecule has 0 aliphatic carbocycles. The normalized spacial score (nSPS) is 11.6. The van der Waals surface area contributed by atoms with Gasteiger partial charge >= 0.3 is 0 Å². The Bertz CT molecular complexity index is 1360. The van der Waals surface area contributed by atoms with E-state index in [1.165, 1.54) is 0 Å². The van der Waals surface area contributed by atoms with Crippen LogP contribution in [-0.2, 0) is 12.8 Å². The monoisotopic (exact) mass is 520 g/mol. The van der Waals surface area contributed by atoms with Crippen molar-refractivity contribution in [3.8, 4) is 0 Å². The minimum absolute atomic E-state index is 0.421. The van der Waals surface area contributed by atoms with E-state index in [1.54, 1.807) is 21.8 Å². The first-order valence-corrected chi connectivity index (χ1v) is 12.1. The van der Waals surface area contributed by atoms with Crippen molar-refractivity contribution in [1.82, 2.24) is 29.7 Å². The molecule has 0 radical (unpaired) electrons. The first-order valence-electron chi connectivity index (χ1n) is 11.3. The van der Waals surface area contributed by atoms with Crippen LogP contribution in [0.3, 0.4) is 0 Å². The molecule has 0 aliphatic rings. The average molecular weight is 521 g/mol. The van der Waals surface area contributed by atoms with E-state index >= 15 is 0 Å². The van der Waals surface area contributed by atoms with Crippen molar-refractivity contribution >= 4 is 48.2 Å². The highest BCUT2D eigenvalue weighted by Gasteiger charge is 2.10. The summed E-state index contributed by atoms with van der Waals surface area (Å²) in [6.07, 6.45) is 4.60. The van der Waals surface area contributed by atoms with E-state index in [1.807, 2.05) is 86.5 Å². The van der Waals surface area contributed by atoms with Gasteiger partial charge in [-0.1, -0.05) is 24.3 Å². The molecule has 2 aromatic carbocycles. The fourth-order valence-electron chi connectivity index (χ4n) is 3.40. The largest absolute Gasteiger partial charge is 0.378 e. The molecule has 4 rings (SSSR count). The molecule has 0 saturated carbocycles. The molecule has 0 bridgehead atoms. The molecular formula is C24H28N10S2. The molecule has 12 heteroatoms. The third kappa shape index (κ3) is 6.01. The number of benzene rings is 2. The fourth-order valence-corrected chi connectivity index (χ4v) is 3.80. The van der Waals surface area contributed by atoms with Crippen LogP contribution in [0.15, 0.2) is 58.7 Å². The lowest BCUT2D eigenvalue weighted by Gasteiger charge is -2.11. The van der Waals surface area contributed by atoms with Crippen LogP contribution in [0.2, 0.25) is 0 Å². The Hall–Kier alpha value is -3.90. The Balaban J connectivity index is 1.47. The van der Waals surface area contributed by atoms with Gasteiger partial charge in [-0.3, -0.25) is 10.2 Å². The summed E-state index contributed by atoms with van der Waals surface area (Å²) in [4.78, 5) is 4.09. The summed E-state index contributed by atoms with van der Waals surface area (Å²) in [6.45, 7) is 0. The molecule has 0 amide bonds. The summed E-state index contributed by atoms with van der Waals surface area (Å²) >= 11 is 10.8. The van der Waals surface area contributed by atoms with Gasteiger partial charge < -0.3 is 9.80 Å². The highest BCUT2D eigenvalue weighted by molar-refractivity contribution is 7.71. The number of aromatic amines is 2. The number of nitrogens with one attached hydrogen (secondary N) is 2. The third-order valence-electron chi connectivity index (χ3n) is 5.47. The van der Waals surface area contributed by atoms with Crippen LogP contribution in [0.25, 0.3) is 0 Å². The number of aromatic nitrogens is 6. The van der Waals surface area contributed by atoms with E-state index in [0.717, 1.165) is 22.5 Å². The number of H-pyrrole nitrogens is 2. The van der Waals surface area contributed by atoms with Gasteiger partial charge in [-0.2, -0.15) is 29.8 Å². The minimum atomic E-state index is 0.421. The van der Waals surface area contributed by atoms with E-state index in [-0.39, 0.29) is 0 Å². The standard InChI is InChI=1S/C24H28N10S2/c1-31(2)19-9-5-17(6-10-19)15-25-33-21(27-29-23(33)35)13-14-22-28-30-24(36)34(22)26-16-18-7-11-20(12-8-18)32(3)4/h5-12,15-16H,13-14H2,1-4H3,(H,29,35)(H,30,36)/b25-15+,26-16+. The Morgan fingerprint density at radius 2 is 1.06 bits per heavy atom. The zero-order chi connectivity index (χ0) is 25.7. The molecule has 0 saturated heterocycles. The zero-order valence-electron chi connectivity index (χ0n) is 20.6. The number of aryl methyl sites for hydroxylation is 2. The Morgan fingerprint density at radius 3 is 1.39 bits per heavy atom. The Labute approximate surface area is 219 Å². The van der Waals surface area contributed by atoms with Crippen LogP contribution < -0.4 is 9.80 Å². The lowest BCUT2D eigenvalue weighted by atomic mass is 10.2. The maximum absolute atomic E-state index is 5.38. The number of hydrogen-bond donors (Lipinski definition) is 2. The average Bonchev–Trinajstić information content (AvgIpc) is 3.41. The molecule has 2 N–H and O–H groups in total. The van der Waals surface area contributed by atoms with Crippen molar-refractivity contribution in [3.05, 3.63) is 80.8 Å². The molecule has 36 heavy (non-hydrogen) atoms. The smallest absolute Gasteiger partial charge is 0.216 e. The van der Waals surface area contributed by atoms with Crippen molar-refractivity contribution < 1.29 is 0 Å². The molecule has 0 aliphatic heterocycles. The molecule has 10 nitrogen and oxygen atoms in total. The molecule has 186 valence electrons. The van der Waals surface area contributed by atoms with Crippen LogP contribution in [0.1, 0.15) is 22.8 Å². The number of nitrogens with zero attached hydrogens (tertiary/aromatic N) is 8. The van der Waals surface area contributed by atoms with Crippen LogP contribution in [-0.4, -0.2) is 70.4 Å². The molecule has 0 fully saturated rings. The van der Waals surface area contributed by atoms with Crippen LogP contribution in [0, 0.1) is 9.54 Å². The highest BCUT2D eigenvalue weighted by atomic mass is 32.1. The molecular weight excluding hydrogens is 492 g/mol. The lowest BCUT2D eigenvalue weighted by Crippen LogP contribution is -2.08. The van der Waals surface area contributed by atoms with Crippen molar-refractivity contribution in [3.63, 3.8) is 0 Å². The predicted molar refractivity (Wildman–Crippen MR) is 150 cm³/mol. The summed E-state index contributed by atoms with van der Waals surface area (Å²) in [5.41, 5.74) is 4.16. The second-order valence-corrected chi connectivity index (χ2v) is 9.25. The molecule has 2 aromatic heterocycles. The number of rotatable bonds is 9. The summed E-state index contributed by atoms with van der Waals surface area (Å²) in [7, 11) is 8.02. The summed E-state index contributed by atoms with van der Waals surface area (Å²) in [6, 6.07) is 16.2. The summed E-state index contributed by atoms with van der Waals surface area (Å²) in [5.74, 6) is 1.37. The molecule has 0 atom stereocenters. The first-order chi connectivity index (χ1) is 17.3. The van der Waals surface area contributed by atoms with Gasteiger partial charge in [-0.05, 0) is 59.8 Å². The van der Waals surface area contributed by atoms with Crippen LogP contribution in [0.5, 0.6) is 0 Å². The van der Waals surface area contributed by atoms with Crippen LogP contribution in [0.4, 0.5) is 11.4 Å². The van der Waals surface area contributed by atoms with Crippen molar-refractivity contribution in [2.24, 2.45) is 10.2 Å². The van der Waals surface area contributed by atoms with Crippen LogP contribution >= 0.6 is 24.4 Å². The van der Waals surface area contributed by atoms with E-state index in [9.17, 15) is 0 Å². The minimum Gasteiger partial charge on any atom is -0.378 e. The van der Waals surface area contributed by atoms with E-state index in [0.29, 0.717) is 34.0 Å². The lowest BCUT2D eigenvalue weighted by molar-refractivity contribution is 0.699. The predicted octanol–water partition coefficient (Wildman–Crippen LogP) is 3.88. The summed E-state index contributed by atoms with van der Waals surface area (Å²) in [5, 5.41) is 23.4. The maximum atomic E-state index is 5.38. The molecule has 0 unspecified atom stereocenters. The van der Waals surface area contributed by atoms with E-state index in [2.05, 4.69) is 30.6 Å². The Kier molecular flexibility index (Phi) is 7.86. The number of anilines is 2. The molecule has 2 heterocycles. The second kappa shape index (κ2) is 11.2. The van der Waals surface area contributed by atoms with Crippen molar-refractivity contribution in [2.45, 2.75) is 12.8 Å². The van der Waals surface area contributed by atoms with Gasteiger partial charge in [0.25, 0.3) is 0 Å². The van der Waals surface area contributed by atoms with Gasteiger partial charge in [-0.15, -0.1) is 0 Å². The van der Waals surface area contributed by atoms with Gasteiger partial charge in [0.2, 0.25) is 9.54 Å². The maximum Gasteiger partial charge on any atom is 0.216 e. The van der Waals surface area contributed by atoms with E-state index < -0.39 is 0 Å². The van der Waals surface area contributed by atoms with Gasteiger partial charge in [-0.25, -0.2) is 0 Å². The highest BCUT2D eigenvalue weighted by Crippen LogP contribution is 2.13. The topological polar surface area (TPSA) is 98.4 Å². The first kappa shape index (κ1) is 25.2. The van der Waals surface area contributed by atoms with Crippen molar-refractivity contribution in [1.29, 1.82) is 0 Å². The third-order valence-corrected chi connectivity index (χ3v) is 6.00. The van der Waals surface area contributed by atoms with Gasteiger partial charge in [0.05, 0.1) is 12.4 Å². The van der Waals surface area contributed by atoms with Crippen molar-refractivity contribution in [2.75, 3.05) is 38.0 Å². The quantitative estimate of drug-likeness (QED) is 0.257. The van der Waals surface area contributed by atoms with Gasteiger partial charge in [0, 0.05) is 52.4 Å². The SMILES string of the molecule is CN(C)c1ccc(/C=N/n2c(CCc3n[nH]c(=S)n3/N=C/c3ccc(N(C)C)cc3)n[nH]c2=S)cc1. The zero-order valence-corrected chi connectivity index (χ0v) is 22.2. The molecule has 0 spiro atoms. The fraction of sp³-hybridized carbons (Fsp3) is 0.250. The molecule has 4 aromatic rings. The number of hydrogen-bond acceptors (Lipinski definition) is 8. The van der Waals surface area contributed by atoms with Gasteiger partial charge in [0.15, 0.2) is 11.6 Å². The Morgan fingerprint density at radius 1 is 0.694 bits per heavy atom. The second-order valence-electron chi connectivity index (χ2n) is 8.47. The summed E-state index contributed by atoms with van der Waals surface area (Å²) < 4.78 is 4.08. The van der Waals surface area contributed by atoms with E-state index in [4.69, 9.17) is 24.4 Å². The van der Waals surface area contributed by atoms with Gasteiger partial charge in [0.1, 0.15) is 0 Å².